The molecule has 0 saturated heterocycles. The fourth-order valence-corrected chi connectivity index (χ4v) is 4.45. The molecule has 0 bridgehead atoms. The number of hydrogen-bond donors (Lipinski definition) is 3. The van der Waals surface area contributed by atoms with Gasteiger partial charge in [-0.2, -0.15) is 0 Å². The molecule has 0 atom stereocenters. The Morgan fingerprint density at radius 2 is 0.848 bits per heavy atom. The van der Waals surface area contributed by atoms with E-state index in [-0.39, 0.29) is 11.3 Å². The summed E-state index contributed by atoms with van der Waals surface area (Å²) in [6, 6.07) is 2.43. The summed E-state index contributed by atoms with van der Waals surface area (Å²) >= 11 is 0. The Morgan fingerprint density at radius 3 is 1.18 bits per heavy atom. The summed E-state index contributed by atoms with van der Waals surface area (Å²) in [5.74, 6) is -1.60. The Balaban J connectivity index is 1.82. The zero-order chi connectivity index (χ0) is 24.2. The quantitative estimate of drug-likeness (QED) is 0.0911. The molecule has 1 rings (SSSR count). The Morgan fingerprint density at radius 1 is 0.545 bits per heavy atom. The summed E-state index contributed by atoms with van der Waals surface area (Å²) in [4.78, 5) is 12.1. The number of ketones is 1. The first-order chi connectivity index (χ1) is 16.1. The van der Waals surface area contributed by atoms with Crippen molar-refractivity contribution in [1.82, 2.24) is 0 Å². The number of hydrogen-bond acceptors (Lipinski definition) is 4. The van der Waals surface area contributed by atoms with Crippen molar-refractivity contribution in [3.05, 3.63) is 17.7 Å². The number of Topliss-reactive ketones (excluding diaryl/α,β-unsaturated/α-hetero) is 1. The monoisotopic (exact) mass is 462 g/mol. The number of phenols is 3. The molecule has 0 saturated carbocycles. The van der Waals surface area contributed by atoms with E-state index < -0.39 is 17.2 Å². The van der Waals surface area contributed by atoms with E-state index in [1.807, 2.05) is 0 Å². The largest absolute Gasteiger partial charge is 0.504 e. The number of phenolic OH excluding ortho intramolecular Hbond substituents is 3. The van der Waals surface area contributed by atoms with Crippen LogP contribution in [0.4, 0.5) is 0 Å². The highest BCUT2D eigenvalue weighted by atomic mass is 16.3. The second kappa shape index (κ2) is 19.7. The van der Waals surface area contributed by atoms with Crippen LogP contribution in [0.3, 0.4) is 0 Å². The number of carbonyl (C=O) groups excluding carboxylic acids is 1. The van der Waals surface area contributed by atoms with Crippen molar-refractivity contribution in [2.45, 2.75) is 142 Å². The van der Waals surface area contributed by atoms with E-state index in [9.17, 15) is 20.1 Å². The lowest BCUT2D eigenvalue weighted by Crippen LogP contribution is -1.99. The van der Waals surface area contributed by atoms with Gasteiger partial charge in [0.1, 0.15) is 0 Å². The molecule has 0 aliphatic carbocycles. The molecular weight excluding hydrogens is 412 g/mol. The van der Waals surface area contributed by atoms with Crippen LogP contribution >= 0.6 is 0 Å². The fraction of sp³-hybridized carbons (Fsp3) is 0.759. The first-order valence-corrected chi connectivity index (χ1v) is 13.8. The number of aromatic hydroxyl groups is 3. The average Bonchev–Trinajstić information content (AvgIpc) is 2.80. The Kier molecular flexibility index (Phi) is 17.5. The van der Waals surface area contributed by atoms with Crippen molar-refractivity contribution in [3.8, 4) is 17.2 Å². The van der Waals surface area contributed by atoms with Crippen LogP contribution < -0.4 is 0 Å². The fourth-order valence-electron chi connectivity index (χ4n) is 4.45. The molecule has 33 heavy (non-hydrogen) atoms. The van der Waals surface area contributed by atoms with Crippen LogP contribution in [0.5, 0.6) is 17.2 Å². The maximum Gasteiger partial charge on any atom is 0.200 e. The van der Waals surface area contributed by atoms with Gasteiger partial charge < -0.3 is 15.3 Å². The molecule has 1 aromatic rings. The van der Waals surface area contributed by atoms with Gasteiger partial charge in [-0.05, 0) is 18.6 Å². The topological polar surface area (TPSA) is 77.8 Å². The van der Waals surface area contributed by atoms with Crippen LogP contribution in [0.25, 0.3) is 0 Å². The summed E-state index contributed by atoms with van der Waals surface area (Å²) in [7, 11) is 0. The van der Waals surface area contributed by atoms with Gasteiger partial charge in [-0.25, -0.2) is 0 Å². The molecule has 0 spiro atoms. The molecule has 0 unspecified atom stereocenters. The Hall–Kier alpha value is -1.71. The third-order valence-electron chi connectivity index (χ3n) is 6.65. The normalized spacial score (nSPS) is 11.2. The van der Waals surface area contributed by atoms with Crippen LogP contribution in [0.15, 0.2) is 12.1 Å². The lowest BCUT2D eigenvalue weighted by molar-refractivity contribution is 0.0978. The highest BCUT2D eigenvalue weighted by Crippen LogP contribution is 2.35. The third kappa shape index (κ3) is 14.9. The first-order valence-electron chi connectivity index (χ1n) is 13.8. The van der Waals surface area contributed by atoms with Crippen molar-refractivity contribution in [3.63, 3.8) is 0 Å². The molecule has 0 heterocycles. The standard InChI is InChI=1S/C29H50O4/c1-2-3-4-5-6-7-8-9-10-11-12-13-14-15-16-17-18-19-20-21-22-26(30)25-23-27(31)29(33)28(32)24-25/h23-24,31-33H,2-22H2,1H3. The van der Waals surface area contributed by atoms with Crippen molar-refractivity contribution < 1.29 is 20.1 Å². The van der Waals surface area contributed by atoms with Crippen molar-refractivity contribution in [2.24, 2.45) is 0 Å². The van der Waals surface area contributed by atoms with E-state index in [2.05, 4.69) is 6.92 Å². The van der Waals surface area contributed by atoms with Gasteiger partial charge >= 0.3 is 0 Å². The van der Waals surface area contributed by atoms with Gasteiger partial charge in [-0.15, -0.1) is 0 Å². The molecule has 0 amide bonds. The van der Waals surface area contributed by atoms with Gasteiger partial charge in [-0.1, -0.05) is 129 Å². The lowest BCUT2D eigenvalue weighted by Gasteiger charge is -2.06. The summed E-state index contributed by atoms with van der Waals surface area (Å²) in [6.07, 6.45) is 27.0. The summed E-state index contributed by atoms with van der Waals surface area (Å²) in [5, 5.41) is 28.4. The average molecular weight is 463 g/mol. The summed E-state index contributed by atoms with van der Waals surface area (Å²) < 4.78 is 0. The number of rotatable bonds is 22. The first kappa shape index (κ1) is 29.3. The number of benzene rings is 1. The Labute approximate surface area is 202 Å². The van der Waals surface area contributed by atoms with Crippen LogP contribution in [0, 0.1) is 0 Å². The number of unbranched alkanes of at least 4 members (excludes halogenated alkanes) is 19. The molecule has 0 aliphatic heterocycles. The minimum Gasteiger partial charge on any atom is -0.504 e. The molecule has 1 aromatic carbocycles. The lowest BCUT2D eigenvalue weighted by atomic mass is 10.0. The van der Waals surface area contributed by atoms with Gasteiger partial charge in [-0.3, -0.25) is 4.79 Å². The van der Waals surface area contributed by atoms with Gasteiger partial charge in [0.2, 0.25) is 0 Å². The van der Waals surface area contributed by atoms with E-state index in [1.165, 1.54) is 121 Å². The van der Waals surface area contributed by atoms with Crippen molar-refractivity contribution in [1.29, 1.82) is 0 Å². The Bertz CT molecular complexity index is 603. The maximum atomic E-state index is 12.1. The highest BCUT2D eigenvalue weighted by molar-refractivity contribution is 5.97. The molecule has 3 N–H and O–H groups in total. The van der Waals surface area contributed by atoms with E-state index >= 15 is 0 Å². The zero-order valence-electron chi connectivity index (χ0n) is 21.3. The van der Waals surface area contributed by atoms with Crippen molar-refractivity contribution in [2.75, 3.05) is 0 Å². The van der Waals surface area contributed by atoms with Gasteiger partial charge in [0.15, 0.2) is 23.0 Å². The van der Waals surface area contributed by atoms with E-state index in [0.29, 0.717) is 6.42 Å². The van der Waals surface area contributed by atoms with Crippen LogP contribution in [0.1, 0.15) is 152 Å². The SMILES string of the molecule is CCCCCCCCCCCCCCCCCCCCCCC(=O)c1cc(O)c(O)c(O)c1. The minimum absolute atomic E-state index is 0.108. The molecule has 4 nitrogen and oxygen atoms in total. The van der Waals surface area contributed by atoms with Crippen molar-refractivity contribution >= 4 is 5.78 Å². The third-order valence-corrected chi connectivity index (χ3v) is 6.65. The second-order valence-corrected chi connectivity index (χ2v) is 9.75. The summed E-state index contributed by atoms with van der Waals surface area (Å²) in [5.41, 5.74) is 0.251. The second-order valence-electron chi connectivity index (χ2n) is 9.75. The molecule has 0 aliphatic rings. The smallest absolute Gasteiger partial charge is 0.200 e. The number of carbonyl (C=O) groups is 1. The van der Waals surface area contributed by atoms with Crippen LogP contribution in [0.2, 0.25) is 0 Å². The van der Waals surface area contributed by atoms with Gasteiger partial charge in [0.25, 0.3) is 0 Å². The molecule has 0 aromatic heterocycles. The zero-order valence-corrected chi connectivity index (χ0v) is 21.3. The summed E-state index contributed by atoms with van der Waals surface area (Å²) in [6.45, 7) is 2.28. The van der Waals surface area contributed by atoms with E-state index in [4.69, 9.17) is 0 Å². The van der Waals surface area contributed by atoms with E-state index in [0.717, 1.165) is 19.3 Å². The van der Waals surface area contributed by atoms with Crippen LogP contribution in [-0.2, 0) is 0 Å². The highest BCUT2D eigenvalue weighted by Gasteiger charge is 2.13. The molecule has 190 valence electrons. The maximum absolute atomic E-state index is 12.1. The van der Waals surface area contributed by atoms with Gasteiger partial charge in [0.05, 0.1) is 0 Å². The van der Waals surface area contributed by atoms with Gasteiger partial charge in [0, 0.05) is 12.0 Å². The molecule has 0 fully saturated rings. The van der Waals surface area contributed by atoms with E-state index in [1.54, 1.807) is 0 Å². The predicted molar refractivity (Wildman–Crippen MR) is 138 cm³/mol. The predicted octanol–water partition coefficient (Wildman–Crippen LogP) is 9.20. The molecule has 0 radical (unpaired) electrons. The molecular formula is C29H50O4. The minimum atomic E-state index is -0.578. The molecule has 4 heteroatoms. The van der Waals surface area contributed by atoms with Crippen LogP contribution in [-0.4, -0.2) is 21.1 Å².